The van der Waals surface area contributed by atoms with Crippen LogP contribution in [0.4, 0.5) is 5.82 Å². The largest absolute Gasteiger partial charge is 0.382 e. The molecule has 0 atom stereocenters. The van der Waals surface area contributed by atoms with Gasteiger partial charge in [0.1, 0.15) is 0 Å². The molecular formula is C13H12N4O. The minimum absolute atomic E-state index is 0.289. The molecule has 18 heavy (non-hydrogen) atoms. The van der Waals surface area contributed by atoms with E-state index < -0.39 is 0 Å². The van der Waals surface area contributed by atoms with E-state index in [-0.39, 0.29) is 5.82 Å². The number of nitrogen functional groups attached to an aromatic ring is 1. The summed E-state index contributed by atoms with van der Waals surface area (Å²) in [5.74, 6) is 0.765. The lowest BCUT2D eigenvalue weighted by atomic mass is 10.1. The molecule has 0 aliphatic rings. The van der Waals surface area contributed by atoms with E-state index in [1.807, 2.05) is 0 Å². The number of aromatic nitrogens is 3. The lowest BCUT2D eigenvalue weighted by Gasteiger charge is -2.04. The van der Waals surface area contributed by atoms with Crippen LogP contribution in [0.15, 0.2) is 54.4 Å². The first-order valence-electron chi connectivity index (χ1n) is 5.25. The molecule has 0 aliphatic heterocycles. The van der Waals surface area contributed by atoms with Crippen LogP contribution in [-0.2, 0) is 0 Å². The van der Waals surface area contributed by atoms with Crippen molar-refractivity contribution in [1.29, 1.82) is 0 Å². The molecule has 2 aromatic rings. The van der Waals surface area contributed by atoms with Crippen LogP contribution >= 0.6 is 0 Å². The highest BCUT2D eigenvalue weighted by Gasteiger charge is 2.11. The Kier molecular flexibility index (Phi) is 3.33. The Balaban J connectivity index is 2.53. The van der Waals surface area contributed by atoms with Crippen LogP contribution in [0.1, 0.15) is 5.69 Å². The maximum Gasteiger partial charge on any atom is 0.188 e. The van der Waals surface area contributed by atoms with Crippen molar-refractivity contribution in [2.24, 2.45) is 0 Å². The second-order valence-electron chi connectivity index (χ2n) is 3.43. The number of hydrogen-bond donors (Lipinski definition) is 1. The van der Waals surface area contributed by atoms with Gasteiger partial charge in [0.15, 0.2) is 17.3 Å². The summed E-state index contributed by atoms with van der Waals surface area (Å²) in [5, 5.41) is 3.62. The van der Waals surface area contributed by atoms with Crippen molar-refractivity contribution >= 4 is 11.4 Å². The zero-order valence-electron chi connectivity index (χ0n) is 9.71. The Hall–Kier alpha value is -2.69. The Morgan fingerprint density at radius 1 is 1.39 bits per heavy atom. The van der Waals surface area contributed by atoms with Crippen LogP contribution in [0, 0.1) is 0 Å². The predicted octanol–water partition coefficient (Wildman–Crippen LogP) is 2.47. The first kappa shape index (κ1) is 11.8. The molecule has 0 saturated heterocycles. The van der Waals surface area contributed by atoms with Crippen LogP contribution < -0.4 is 5.73 Å². The molecule has 0 amide bonds. The van der Waals surface area contributed by atoms with Crippen LogP contribution in [0.2, 0.25) is 0 Å². The van der Waals surface area contributed by atoms with Crippen molar-refractivity contribution in [3.8, 4) is 11.5 Å². The molecule has 0 aromatic carbocycles. The molecule has 0 unspecified atom stereocenters. The molecule has 0 radical (unpaired) electrons. The quantitative estimate of drug-likeness (QED) is 0.830. The highest BCUT2D eigenvalue weighted by molar-refractivity contribution is 5.75. The smallest absolute Gasteiger partial charge is 0.188 e. The summed E-state index contributed by atoms with van der Waals surface area (Å²) in [6.07, 6.45) is 8.22. The average molecular weight is 240 g/mol. The van der Waals surface area contributed by atoms with E-state index in [9.17, 15) is 0 Å². The Morgan fingerprint density at radius 3 is 2.83 bits per heavy atom. The van der Waals surface area contributed by atoms with Crippen molar-refractivity contribution in [2.45, 2.75) is 0 Å². The number of allylic oxidation sites excluding steroid dienone is 4. The van der Waals surface area contributed by atoms with Gasteiger partial charge < -0.3 is 10.3 Å². The Morgan fingerprint density at radius 2 is 2.22 bits per heavy atom. The van der Waals surface area contributed by atoms with Crippen LogP contribution in [0.5, 0.6) is 0 Å². The molecule has 5 heteroatoms. The van der Waals surface area contributed by atoms with E-state index in [0.717, 1.165) is 5.57 Å². The SMILES string of the molecule is C=C/C=C(\C=C)c1cnc(N)c(-c2ccno2)n1. The number of nitrogens with two attached hydrogens (primary N) is 1. The van der Waals surface area contributed by atoms with Crippen molar-refractivity contribution in [1.82, 2.24) is 15.1 Å². The summed E-state index contributed by atoms with van der Waals surface area (Å²) in [7, 11) is 0. The van der Waals surface area contributed by atoms with Crippen LogP contribution in [0.3, 0.4) is 0 Å². The molecule has 0 spiro atoms. The predicted molar refractivity (Wildman–Crippen MR) is 70.3 cm³/mol. The molecule has 0 saturated carbocycles. The van der Waals surface area contributed by atoms with Gasteiger partial charge in [0.05, 0.1) is 18.1 Å². The highest BCUT2D eigenvalue weighted by Crippen LogP contribution is 2.23. The maximum atomic E-state index is 5.77. The molecule has 2 N–H and O–H groups in total. The van der Waals surface area contributed by atoms with Gasteiger partial charge in [-0.1, -0.05) is 36.5 Å². The zero-order chi connectivity index (χ0) is 13.0. The second kappa shape index (κ2) is 5.09. The number of rotatable bonds is 4. The van der Waals surface area contributed by atoms with E-state index in [1.165, 1.54) is 6.20 Å². The third-order valence-electron chi connectivity index (χ3n) is 2.29. The summed E-state index contributed by atoms with van der Waals surface area (Å²) < 4.78 is 5.03. The topological polar surface area (TPSA) is 77.8 Å². The fourth-order valence-corrected chi connectivity index (χ4v) is 1.44. The third kappa shape index (κ3) is 2.20. The van der Waals surface area contributed by atoms with Crippen molar-refractivity contribution in [3.05, 3.63) is 55.5 Å². The van der Waals surface area contributed by atoms with Crippen molar-refractivity contribution in [3.63, 3.8) is 0 Å². The van der Waals surface area contributed by atoms with E-state index >= 15 is 0 Å². The zero-order valence-corrected chi connectivity index (χ0v) is 9.71. The second-order valence-corrected chi connectivity index (χ2v) is 3.43. The molecular weight excluding hydrogens is 228 g/mol. The van der Waals surface area contributed by atoms with E-state index in [2.05, 4.69) is 28.3 Å². The molecule has 0 fully saturated rings. The molecule has 2 rings (SSSR count). The average Bonchev–Trinajstić information content (AvgIpc) is 2.90. The fraction of sp³-hybridized carbons (Fsp3) is 0. The monoisotopic (exact) mass is 240 g/mol. The lowest BCUT2D eigenvalue weighted by Crippen LogP contribution is -1.99. The minimum Gasteiger partial charge on any atom is -0.382 e. The van der Waals surface area contributed by atoms with Crippen molar-refractivity contribution < 1.29 is 4.52 Å². The lowest BCUT2D eigenvalue weighted by molar-refractivity contribution is 0.431. The van der Waals surface area contributed by atoms with Gasteiger partial charge >= 0.3 is 0 Å². The summed E-state index contributed by atoms with van der Waals surface area (Å²) in [6, 6.07) is 1.68. The summed E-state index contributed by atoms with van der Waals surface area (Å²) in [5.41, 5.74) is 7.68. The Bertz CT molecular complexity index is 599. The van der Waals surface area contributed by atoms with Gasteiger partial charge in [-0.3, -0.25) is 0 Å². The van der Waals surface area contributed by atoms with Gasteiger partial charge in [-0.15, -0.1) is 0 Å². The summed E-state index contributed by atoms with van der Waals surface area (Å²) in [6.45, 7) is 7.36. The highest BCUT2D eigenvalue weighted by atomic mass is 16.5. The number of hydrogen-bond acceptors (Lipinski definition) is 5. The van der Waals surface area contributed by atoms with E-state index in [4.69, 9.17) is 10.3 Å². The standard InChI is InChI=1S/C13H12N4O/c1-3-5-9(4-2)10-8-15-13(14)12(17-10)11-6-7-16-18-11/h3-8H,1-2H2,(H2,14,15)/b9-5+. The van der Waals surface area contributed by atoms with Gasteiger partial charge in [-0.05, 0) is 0 Å². The van der Waals surface area contributed by atoms with Gasteiger partial charge in [0.2, 0.25) is 0 Å². The molecule has 2 aromatic heterocycles. The molecule has 2 heterocycles. The van der Waals surface area contributed by atoms with E-state index in [1.54, 1.807) is 30.5 Å². The molecule has 0 aliphatic carbocycles. The van der Waals surface area contributed by atoms with Gasteiger partial charge in [-0.2, -0.15) is 0 Å². The van der Waals surface area contributed by atoms with Gasteiger partial charge in [0, 0.05) is 11.6 Å². The Labute approximate surface area is 104 Å². The number of anilines is 1. The summed E-state index contributed by atoms with van der Waals surface area (Å²) >= 11 is 0. The molecule has 0 bridgehead atoms. The van der Waals surface area contributed by atoms with Crippen molar-refractivity contribution in [2.75, 3.05) is 5.73 Å². The minimum atomic E-state index is 0.289. The third-order valence-corrected chi connectivity index (χ3v) is 2.29. The van der Waals surface area contributed by atoms with Crippen LogP contribution in [0.25, 0.3) is 17.0 Å². The van der Waals surface area contributed by atoms with Crippen LogP contribution in [-0.4, -0.2) is 15.1 Å². The number of nitrogens with zero attached hydrogens (tertiary/aromatic N) is 3. The van der Waals surface area contributed by atoms with Gasteiger partial charge in [0.25, 0.3) is 0 Å². The maximum absolute atomic E-state index is 5.77. The van der Waals surface area contributed by atoms with Gasteiger partial charge in [-0.25, -0.2) is 9.97 Å². The first-order chi connectivity index (χ1) is 8.76. The normalized spacial score (nSPS) is 11.2. The summed E-state index contributed by atoms with van der Waals surface area (Å²) in [4.78, 5) is 8.49. The van der Waals surface area contributed by atoms with E-state index in [0.29, 0.717) is 17.1 Å². The molecule has 5 nitrogen and oxygen atoms in total. The fourth-order valence-electron chi connectivity index (χ4n) is 1.44. The molecule has 90 valence electrons. The first-order valence-corrected chi connectivity index (χ1v) is 5.25.